The summed E-state index contributed by atoms with van der Waals surface area (Å²) in [6.45, 7) is 7.07. The van der Waals surface area contributed by atoms with Crippen LogP contribution in [0.3, 0.4) is 0 Å². The maximum atomic E-state index is 10.3. The lowest BCUT2D eigenvalue weighted by molar-refractivity contribution is -0.221. The van der Waals surface area contributed by atoms with Gasteiger partial charge in [-0.1, -0.05) is 32.1 Å². The molecule has 3 heteroatoms. The fourth-order valence-corrected chi connectivity index (χ4v) is 3.26. The monoisotopic (exact) mass is 243 g/mol. The molecule has 0 unspecified atom stereocenters. The summed E-state index contributed by atoms with van der Waals surface area (Å²) in [5, 5.41) is 20.6. The third kappa shape index (κ3) is 4.57. The Morgan fingerprint density at radius 1 is 0.765 bits per heavy atom. The van der Waals surface area contributed by atoms with Crippen LogP contribution >= 0.6 is 0 Å². The molecule has 1 aliphatic rings. The highest BCUT2D eigenvalue weighted by Gasteiger charge is 2.39. The average molecular weight is 243 g/mol. The normalized spacial score (nSPS) is 21.4. The molecular formula is C14H29NO2. The Morgan fingerprint density at radius 3 is 1.47 bits per heavy atom. The van der Waals surface area contributed by atoms with Crippen LogP contribution in [0.4, 0.5) is 0 Å². The predicted octanol–water partition coefficient (Wildman–Crippen LogP) is 2.86. The van der Waals surface area contributed by atoms with Crippen molar-refractivity contribution in [1.82, 2.24) is 4.90 Å². The van der Waals surface area contributed by atoms with Gasteiger partial charge in [-0.15, -0.1) is 0 Å². The van der Waals surface area contributed by atoms with Crippen LogP contribution in [0.25, 0.3) is 0 Å². The maximum Gasteiger partial charge on any atom is 0.115 e. The zero-order valence-corrected chi connectivity index (χ0v) is 11.9. The summed E-state index contributed by atoms with van der Waals surface area (Å²) in [6.07, 6.45) is 8.45. The van der Waals surface area contributed by atoms with Gasteiger partial charge in [-0.3, -0.25) is 0 Å². The summed E-state index contributed by atoms with van der Waals surface area (Å²) in [5.74, 6) is 0. The molecule has 0 radical (unpaired) electrons. The molecule has 0 amide bonds. The highest BCUT2D eigenvalue weighted by Crippen LogP contribution is 2.31. The average Bonchev–Trinajstić information content (AvgIpc) is 2.04. The van der Waals surface area contributed by atoms with Crippen molar-refractivity contribution in [2.75, 3.05) is 0 Å². The van der Waals surface area contributed by atoms with E-state index in [4.69, 9.17) is 0 Å². The molecule has 102 valence electrons. The van der Waals surface area contributed by atoms with E-state index in [0.717, 1.165) is 12.8 Å². The van der Waals surface area contributed by atoms with Crippen molar-refractivity contribution in [1.29, 1.82) is 0 Å². The van der Waals surface area contributed by atoms with Crippen molar-refractivity contribution in [2.45, 2.75) is 90.1 Å². The smallest absolute Gasteiger partial charge is 0.115 e. The fourth-order valence-electron chi connectivity index (χ4n) is 3.26. The lowest BCUT2D eigenvalue weighted by Gasteiger charge is -2.48. The highest BCUT2D eigenvalue weighted by atomic mass is 16.3. The Morgan fingerprint density at radius 2 is 1.12 bits per heavy atom. The summed E-state index contributed by atoms with van der Waals surface area (Å²) in [5.41, 5.74) is -1.94. The third-order valence-corrected chi connectivity index (χ3v) is 3.62. The molecule has 0 aromatic carbocycles. The summed E-state index contributed by atoms with van der Waals surface area (Å²) >= 11 is 0. The van der Waals surface area contributed by atoms with Gasteiger partial charge in [0.25, 0.3) is 0 Å². The first-order valence-corrected chi connectivity index (χ1v) is 6.97. The zero-order chi connectivity index (χ0) is 13.1. The molecule has 1 saturated carbocycles. The SMILES string of the molecule is CC(C)(O)N(C1CCCCCCC1)C(C)(C)O. The topological polar surface area (TPSA) is 43.7 Å². The molecule has 0 bridgehead atoms. The van der Waals surface area contributed by atoms with Crippen molar-refractivity contribution >= 4 is 0 Å². The molecule has 0 saturated heterocycles. The van der Waals surface area contributed by atoms with Crippen LogP contribution in [0.5, 0.6) is 0 Å². The Balaban J connectivity index is 2.80. The second-order valence-corrected chi connectivity index (χ2v) is 6.36. The Kier molecular flexibility index (Phi) is 4.99. The maximum absolute atomic E-state index is 10.3. The van der Waals surface area contributed by atoms with Crippen molar-refractivity contribution in [3.8, 4) is 0 Å². The first kappa shape index (κ1) is 14.9. The first-order valence-electron chi connectivity index (χ1n) is 6.97. The van der Waals surface area contributed by atoms with Crippen LogP contribution in [-0.4, -0.2) is 32.6 Å². The molecule has 17 heavy (non-hydrogen) atoms. The van der Waals surface area contributed by atoms with Crippen LogP contribution in [0, 0.1) is 0 Å². The van der Waals surface area contributed by atoms with Crippen LogP contribution in [-0.2, 0) is 0 Å². The summed E-state index contributed by atoms with van der Waals surface area (Å²) in [6, 6.07) is 0.287. The molecule has 0 atom stereocenters. The van der Waals surface area contributed by atoms with E-state index in [-0.39, 0.29) is 6.04 Å². The van der Waals surface area contributed by atoms with Crippen LogP contribution in [0.2, 0.25) is 0 Å². The van der Waals surface area contributed by atoms with Gasteiger partial charge in [-0.05, 0) is 40.5 Å². The van der Waals surface area contributed by atoms with Crippen molar-refractivity contribution in [2.24, 2.45) is 0 Å². The molecule has 1 rings (SSSR count). The molecule has 0 heterocycles. The first-order chi connectivity index (χ1) is 7.73. The quantitative estimate of drug-likeness (QED) is 0.749. The summed E-state index contributed by atoms with van der Waals surface area (Å²) in [7, 11) is 0. The number of hydrogen-bond donors (Lipinski definition) is 2. The molecule has 2 N–H and O–H groups in total. The molecule has 0 spiro atoms. The van der Waals surface area contributed by atoms with E-state index in [1.165, 1.54) is 32.1 Å². The van der Waals surface area contributed by atoms with Crippen molar-refractivity contribution in [3.63, 3.8) is 0 Å². The van der Waals surface area contributed by atoms with Gasteiger partial charge >= 0.3 is 0 Å². The lowest BCUT2D eigenvalue weighted by Crippen LogP contribution is -2.60. The second kappa shape index (κ2) is 5.68. The summed E-state index contributed by atoms with van der Waals surface area (Å²) < 4.78 is 0. The van der Waals surface area contributed by atoms with Crippen LogP contribution < -0.4 is 0 Å². The lowest BCUT2D eigenvalue weighted by atomic mass is 9.92. The third-order valence-electron chi connectivity index (χ3n) is 3.62. The minimum absolute atomic E-state index is 0.287. The Bertz CT molecular complexity index is 205. The van der Waals surface area contributed by atoms with Crippen molar-refractivity contribution < 1.29 is 10.2 Å². The van der Waals surface area contributed by atoms with E-state index in [9.17, 15) is 10.2 Å². The van der Waals surface area contributed by atoms with Crippen LogP contribution in [0.1, 0.15) is 72.6 Å². The van der Waals surface area contributed by atoms with E-state index in [1.807, 2.05) is 4.90 Å². The number of aliphatic hydroxyl groups is 2. The molecule has 1 fully saturated rings. The predicted molar refractivity (Wildman–Crippen MR) is 70.5 cm³/mol. The molecule has 0 aromatic rings. The molecular weight excluding hydrogens is 214 g/mol. The molecule has 0 aliphatic heterocycles. The minimum Gasteiger partial charge on any atom is -0.376 e. The molecule has 1 aliphatic carbocycles. The standard InChI is InChI=1S/C14H29NO2/c1-13(2,16)15(14(3,4)17)12-10-8-6-5-7-9-11-12/h12,16-17H,5-11H2,1-4H3. The van der Waals surface area contributed by atoms with E-state index < -0.39 is 11.4 Å². The minimum atomic E-state index is -0.970. The number of rotatable bonds is 3. The van der Waals surface area contributed by atoms with E-state index in [0.29, 0.717) is 0 Å². The Labute approximate surface area is 106 Å². The van der Waals surface area contributed by atoms with Gasteiger partial charge in [0.05, 0.1) is 0 Å². The van der Waals surface area contributed by atoms with Crippen molar-refractivity contribution in [3.05, 3.63) is 0 Å². The van der Waals surface area contributed by atoms with E-state index in [2.05, 4.69) is 0 Å². The van der Waals surface area contributed by atoms with Gasteiger partial charge in [0.1, 0.15) is 11.4 Å². The molecule has 0 aromatic heterocycles. The van der Waals surface area contributed by atoms with E-state index in [1.54, 1.807) is 27.7 Å². The van der Waals surface area contributed by atoms with Gasteiger partial charge in [-0.25, -0.2) is 4.90 Å². The van der Waals surface area contributed by atoms with Gasteiger partial charge in [0.2, 0.25) is 0 Å². The highest BCUT2D eigenvalue weighted by molar-refractivity contribution is 4.86. The van der Waals surface area contributed by atoms with Gasteiger partial charge in [0.15, 0.2) is 0 Å². The second-order valence-electron chi connectivity index (χ2n) is 6.36. The van der Waals surface area contributed by atoms with E-state index >= 15 is 0 Å². The summed E-state index contributed by atoms with van der Waals surface area (Å²) in [4.78, 5) is 1.88. The number of hydrogen-bond acceptors (Lipinski definition) is 3. The van der Waals surface area contributed by atoms with Gasteiger partial charge < -0.3 is 10.2 Å². The zero-order valence-electron chi connectivity index (χ0n) is 11.9. The van der Waals surface area contributed by atoms with Gasteiger partial charge in [0, 0.05) is 6.04 Å². The molecule has 3 nitrogen and oxygen atoms in total. The Hall–Kier alpha value is -0.120. The fraction of sp³-hybridized carbons (Fsp3) is 1.00. The number of nitrogens with zero attached hydrogens (tertiary/aromatic N) is 1. The largest absolute Gasteiger partial charge is 0.376 e. The van der Waals surface area contributed by atoms with Crippen LogP contribution in [0.15, 0.2) is 0 Å². The van der Waals surface area contributed by atoms with Gasteiger partial charge in [-0.2, -0.15) is 0 Å².